The Labute approximate surface area is 281 Å². The summed E-state index contributed by atoms with van der Waals surface area (Å²) >= 11 is 0. The first-order chi connectivity index (χ1) is 23.2. The summed E-state index contributed by atoms with van der Waals surface area (Å²) in [6.07, 6.45) is -1.29. The van der Waals surface area contributed by atoms with Gasteiger partial charge in [-0.1, -0.05) is 97.1 Å². The zero-order chi connectivity index (χ0) is 34.0. The number of carboxylic acids is 1. The van der Waals surface area contributed by atoms with E-state index in [1.165, 1.54) is 0 Å². The minimum absolute atomic E-state index is 0.0245. The predicted octanol–water partition coefficient (Wildman–Crippen LogP) is 5.93. The number of aliphatic carboxylic acids is 1. The van der Waals surface area contributed by atoms with Crippen LogP contribution in [-0.2, 0) is 32.2 Å². The number of carbonyl (C=O) groups is 2. The fraction of sp³-hybridized carbons (Fsp3) is 0.333. The van der Waals surface area contributed by atoms with Crippen molar-refractivity contribution < 1.29 is 34.4 Å². The third-order valence-corrected chi connectivity index (χ3v) is 8.90. The van der Waals surface area contributed by atoms with Gasteiger partial charge in [-0.3, -0.25) is 14.5 Å². The number of carbonyl (C=O) groups excluding carboxylic acids is 1. The van der Waals surface area contributed by atoms with Crippen LogP contribution >= 0.6 is 0 Å². The van der Waals surface area contributed by atoms with Gasteiger partial charge in [0, 0.05) is 37.5 Å². The highest BCUT2D eigenvalue weighted by atomic mass is 16.7. The maximum atomic E-state index is 12.0. The van der Waals surface area contributed by atoms with Gasteiger partial charge in [-0.2, -0.15) is 0 Å². The predicted molar refractivity (Wildman–Crippen MR) is 183 cm³/mol. The van der Waals surface area contributed by atoms with Crippen molar-refractivity contribution in [3.05, 3.63) is 131 Å². The Morgan fingerprint density at radius 2 is 1.56 bits per heavy atom. The molecule has 0 saturated carbocycles. The molecule has 9 heteroatoms. The Balaban J connectivity index is 1.29. The molecule has 0 aromatic heterocycles. The molecule has 0 spiro atoms. The van der Waals surface area contributed by atoms with E-state index in [4.69, 9.17) is 14.6 Å². The third-order valence-electron chi connectivity index (χ3n) is 8.90. The maximum absolute atomic E-state index is 12.0. The van der Waals surface area contributed by atoms with Crippen LogP contribution in [0, 0.1) is 0 Å². The molecule has 0 radical (unpaired) electrons. The summed E-state index contributed by atoms with van der Waals surface area (Å²) in [6.45, 7) is 2.89. The molecule has 1 amide bonds. The fourth-order valence-electron chi connectivity index (χ4n) is 5.89. The van der Waals surface area contributed by atoms with E-state index in [0.29, 0.717) is 19.5 Å². The summed E-state index contributed by atoms with van der Waals surface area (Å²) in [6, 6.07) is 33.2. The molecule has 0 bridgehead atoms. The van der Waals surface area contributed by atoms with Crippen molar-refractivity contribution in [1.29, 1.82) is 0 Å². The quantitative estimate of drug-likeness (QED) is 0.132. The second kappa shape index (κ2) is 16.6. The van der Waals surface area contributed by atoms with Gasteiger partial charge in [0.05, 0.1) is 31.3 Å². The van der Waals surface area contributed by atoms with Gasteiger partial charge in [0.2, 0.25) is 5.91 Å². The number of likely N-dealkylation sites (N-methyl/N-ethyl adjacent to an activating group) is 1. The van der Waals surface area contributed by atoms with Crippen LogP contribution in [-0.4, -0.2) is 57.8 Å². The van der Waals surface area contributed by atoms with Crippen LogP contribution < -0.4 is 5.32 Å². The van der Waals surface area contributed by atoms with Crippen LogP contribution in [0.1, 0.15) is 72.5 Å². The molecule has 0 unspecified atom stereocenters. The Hall–Kier alpha value is -4.38. The molecule has 5 rings (SSSR count). The van der Waals surface area contributed by atoms with Crippen LogP contribution in [0.3, 0.4) is 0 Å². The lowest BCUT2D eigenvalue weighted by molar-refractivity contribution is -0.253. The number of hydrogen-bond acceptors (Lipinski definition) is 7. The van der Waals surface area contributed by atoms with E-state index in [9.17, 15) is 19.8 Å². The molecular formula is C39H44N2O7. The number of ether oxygens (including phenoxy) is 2. The molecule has 252 valence electrons. The SMILES string of the molecule is C[C@@H]([C@H](O)c1ccccc1)N(C)C[C@@H]1C[C@H](c2ccc(CO)cc2)O[C@H](c2ccc(-c3cccc(CNC(=O)CCC(=O)O)c3)cc2)O1. The van der Waals surface area contributed by atoms with Crippen molar-refractivity contribution in [3.8, 4) is 11.1 Å². The molecule has 5 atom stereocenters. The number of aliphatic hydroxyl groups excluding tert-OH is 2. The first kappa shape index (κ1) is 34.9. The number of amides is 1. The van der Waals surface area contributed by atoms with E-state index in [0.717, 1.165) is 38.9 Å². The highest BCUT2D eigenvalue weighted by molar-refractivity contribution is 5.80. The second-order valence-corrected chi connectivity index (χ2v) is 12.4. The molecule has 4 N–H and O–H groups in total. The molecule has 48 heavy (non-hydrogen) atoms. The first-order valence-corrected chi connectivity index (χ1v) is 16.3. The summed E-state index contributed by atoms with van der Waals surface area (Å²) in [5, 5.41) is 32.2. The Bertz CT molecular complexity index is 1630. The van der Waals surface area contributed by atoms with E-state index < -0.39 is 18.4 Å². The summed E-state index contributed by atoms with van der Waals surface area (Å²) < 4.78 is 13.1. The van der Waals surface area contributed by atoms with Crippen LogP contribution in [0.25, 0.3) is 11.1 Å². The van der Waals surface area contributed by atoms with Gasteiger partial charge in [-0.25, -0.2) is 0 Å². The van der Waals surface area contributed by atoms with Crippen molar-refractivity contribution >= 4 is 11.9 Å². The molecule has 1 aliphatic rings. The van der Waals surface area contributed by atoms with Crippen LogP contribution in [0.2, 0.25) is 0 Å². The molecule has 4 aromatic rings. The summed E-state index contributed by atoms with van der Waals surface area (Å²) in [4.78, 5) is 24.9. The number of nitrogens with one attached hydrogen (secondary N) is 1. The van der Waals surface area contributed by atoms with Crippen molar-refractivity contribution in [3.63, 3.8) is 0 Å². The van der Waals surface area contributed by atoms with E-state index in [2.05, 4.69) is 10.2 Å². The monoisotopic (exact) mass is 652 g/mol. The van der Waals surface area contributed by atoms with Crippen LogP contribution in [0.15, 0.2) is 103 Å². The van der Waals surface area contributed by atoms with E-state index in [-0.39, 0.29) is 43.6 Å². The zero-order valence-corrected chi connectivity index (χ0v) is 27.4. The lowest BCUT2D eigenvalue weighted by atomic mass is 9.98. The number of nitrogens with zero attached hydrogens (tertiary/aromatic N) is 1. The Morgan fingerprint density at radius 3 is 2.25 bits per heavy atom. The maximum Gasteiger partial charge on any atom is 0.303 e. The van der Waals surface area contributed by atoms with Gasteiger partial charge in [-0.05, 0) is 53.4 Å². The molecule has 4 aromatic carbocycles. The molecule has 1 aliphatic heterocycles. The minimum atomic E-state index is -0.997. The summed E-state index contributed by atoms with van der Waals surface area (Å²) in [7, 11) is 2.00. The molecule has 1 heterocycles. The average molecular weight is 653 g/mol. The van der Waals surface area contributed by atoms with Crippen molar-refractivity contribution in [1.82, 2.24) is 10.2 Å². The second-order valence-electron chi connectivity index (χ2n) is 12.4. The van der Waals surface area contributed by atoms with Gasteiger partial charge in [0.25, 0.3) is 0 Å². The van der Waals surface area contributed by atoms with E-state index in [1.54, 1.807) is 0 Å². The topological polar surface area (TPSA) is 129 Å². The number of rotatable bonds is 14. The Kier molecular flexibility index (Phi) is 12.1. The van der Waals surface area contributed by atoms with E-state index in [1.807, 2.05) is 117 Å². The number of aliphatic hydroxyl groups is 2. The third kappa shape index (κ3) is 9.37. The highest BCUT2D eigenvalue weighted by Crippen LogP contribution is 2.39. The van der Waals surface area contributed by atoms with Crippen LogP contribution in [0.4, 0.5) is 0 Å². The normalized spacial score (nSPS) is 19.1. The average Bonchev–Trinajstić information content (AvgIpc) is 3.13. The smallest absolute Gasteiger partial charge is 0.303 e. The van der Waals surface area contributed by atoms with Crippen LogP contribution in [0.5, 0.6) is 0 Å². The first-order valence-electron chi connectivity index (χ1n) is 16.3. The molecular weight excluding hydrogens is 608 g/mol. The summed E-state index contributed by atoms with van der Waals surface area (Å²) in [5.74, 6) is -1.29. The fourth-order valence-corrected chi connectivity index (χ4v) is 5.89. The van der Waals surface area contributed by atoms with Gasteiger partial charge in [0.15, 0.2) is 6.29 Å². The number of benzene rings is 4. The highest BCUT2D eigenvalue weighted by Gasteiger charge is 2.34. The molecule has 9 nitrogen and oxygen atoms in total. The van der Waals surface area contributed by atoms with Gasteiger partial charge in [-0.15, -0.1) is 0 Å². The standard InChI is InChI=1S/C39H44N2O7/c1-26(38(46)31-8-4-3-5-9-31)41(2)24-34-22-35(30-13-11-27(25-42)12-14-30)48-39(47-34)32-17-15-29(16-18-32)33-10-6-7-28(21-33)23-40-36(43)19-20-37(44)45/h3-18,21,26,34-35,38-39,42,46H,19-20,22-25H2,1-2H3,(H,40,43)(H,44,45)/t26-,34-,35+,38-,39+/m0/s1. The van der Waals surface area contributed by atoms with Gasteiger partial charge < -0.3 is 30.1 Å². The Morgan fingerprint density at radius 1 is 0.854 bits per heavy atom. The lowest BCUT2D eigenvalue weighted by Crippen LogP contribution is -2.43. The van der Waals surface area contributed by atoms with Gasteiger partial charge >= 0.3 is 5.97 Å². The van der Waals surface area contributed by atoms with Crippen molar-refractivity contribution in [2.75, 3.05) is 13.6 Å². The number of carboxylic acid groups (broad SMARTS) is 1. The number of hydrogen-bond donors (Lipinski definition) is 4. The zero-order valence-electron chi connectivity index (χ0n) is 27.4. The van der Waals surface area contributed by atoms with Crippen molar-refractivity contribution in [2.24, 2.45) is 0 Å². The lowest BCUT2D eigenvalue weighted by Gasteiger charge is -2.39. The molecule has 1 fully saturated rings. The van der Waals surface area contributed by atoms with Gasteiger partial charge in [0.1, 0.15) is 0 Å². The van der Waals surface area contributed by atoms with Crippen molar-refractivity contribution in [2.45, 2.75) is 70.0 Å². The summed E-state index contributed by atoms with van der Waals surface area (Å²) in [5.41, 5.74) is 6.48. The minimum Gasteiger partial charge on any atom is -0.481 e. The largest absolute Gasteiger partial charge is 0.481 e. The molecule has 0 aliphatic carbocycles. The molecule has 1 saturated heterocycles. The van der Waals surface area contributed by atoms with E-state index >= 15 is 0 Å².